The fourth-order valence-electron chi connectivity index (χ4n) is 16.4. The van der Waals surface area contributed by atoms with Gasteiger partial charge in [-0.3, -0.25) is 0 Å². The topological polar surface area (TPSA) is 432 Å². The van der Waals surface area contributed by atoms with Crippen LogP contribution in [0.25, 0.3) is 0 Å². The number of carbonyl (C=O) groups is 2. The van der Waals surface area contributed by atoms with Crippen LogP contribution in [0.4, 0.5) is 0 Å². The Hall–Kier alpha value is -2.04. The Kier molecular flexibility index (Phi) is 17.2. The molecule has 0 spiro atoms. The number of hydrogen-bond acceptors (Lipinski definition) is 25. The number of aliphatic carboxylic acids is 1. The van der Waals surface area contributed by atoms with E-state index in [0.29, 0.717) is 32.1 Å². The Morgan fingerprint density at radius 2 is 1.22 bits per heavy atom. The second-order valence-electron chi connectivity index (χ2n) is 25.8. The fraction of sp³-hybridized carbons (Fsp3) is 0.925. The highest BCUT2D eigenvalue weighted by Gasteiger charge is 2.73. The van der Waals surface area contributed by atoms with E-state index in [1.165, 1.54) is 0 Å². The summed E-state index contributed by atoms with van der Waals surface area (Å²) in [6, 6.07) is 0. The van der Waals surface area contributed by atoms with Crippen molar-refractivity contribution in [3.8, 4) is 0 Å². The van der Waals surface area contributed by atoms with Crippen LogP contribution in [0.5, 0.6) is 0 Å². The number of carboxylic acid groups (broad SMARTS) is 1. The summed E-state index contributed by atoms with van der Waals surface area (Å²) < 4.78 is 48.1. The van der Waals surface area contributed by atoms with Crippen molar-refractivity contribution in [3.63, 3.8) is 0 Å². The van der Waals surface area contributed by atoms with E-state index in [4.69, 9.17) is 37.9 Å². The third kappa shape index (κ3) is 9.52. The van der Waals surface area contributed by atoms with Gasteiger partial charge < -0.3 is 124 Å². The minimum Gasteiger partial charge on any atom is -0.479 e. The molecule has 9 rings (SSSR count). The first-order valence-electron chi connectivity index (χ1n) is 27.6. The Balaban J connectivity index is 1.05. The van der Waals surface area contributed by atoms with Crippen LogP contribution in [-0.4, -0.2) is 262 Å². The molecule has 5 aliphatic carbocycles. The summed E-state index contributed by atoms with van der Waals surface area (Å²) in [5.41, 5.74) is -4.35. The van der Waals surface area contributed by atoms with Gasteiger partial charge in [-0.15, -0.1) is 0 Å². The average Bonchev–Trinajstić information content (AvgIpc) is 3.59. The number of aliphatic hydroxyl groups excluding tert-OH is 15. The molecule has 4 aliphatic heterocycles. The van der Waals surface area contributed by atoms with Gasteiger partial charge in [0.05, 0.1) is 61.7 Å². The van der Waals surface area contributed by atoms with Crippen LogP contribution in [0.1, 0.15) is 86.5 Å². The molecule has 31 atom stereocenters. The first-order chi connectivity index (χ1) is 37.0. The minimum atomic E-state index is -2.30. The smallest absolute Gasteiger partial charge is 0.335 e. The molecule has 0 unspecified atom stereocenters. The van der Waals surface area contributed by atoms with Crippen molar-refractivity contribution in [1.29, 1.82) is 0 Å². The minimum absolute atomic E-state index is 0.117. The van der Waals surface area contributed by atoms with E-state index in [1.807, 2.05) is 13.8 Å². The molecule has 9 aliphatic rings. The van der Waals surface area contributed by atoms with Crippen LogP contribution >= 0.6 is 0 Å². The molecule has 0 radical (unpaired) electrons. The molecular formula is C53H84O26. The Morgan fingerprint density at radius 1 is 0.633 bits per heavy atom. The maximum atomic E-state index is 14.0. The Labute approximate surface area is 456 Å². The van der Waals surface area contributed by atoms with E-state index in [-0.39, 0.29) is 18.8 Å². The fourth-order valence-corrected chi connectivity index (χ4v) is 16.4. The van der Waals surface area contributed by atoms with Crippen LogP contribution in [-0.2, 0) is 47.5 Å². The van der Waals surface area contributed by atoms with E-state index >= 15 is 0 Å². The van der Waals surface area contributed by atoms with Crippen molar-refractivity contribution >= 4 is 12.3 Å². The molecule has 79 heavy (non-hydrogen) atoms. The Morgan fingerprint density at radius 3 is 1.77 bits per heavy atom. The van der Waals surface area contributed by atoms with Crippen molar-refractivity contribution in [3.05, 3.63) is 11.6 Å². The standard InChI is InChI=1S/C53H84O26/c1-48(2)13-21-20-7-8-26-49(3)11-10-28(50(4,18-56)25(49)9-12-51(26,5)52(20,6)14-27(59)53(21,19-57)42(69)41(48)68)75-47-40(79-45-35(66)33(64)31(62)24(16-55)74-45)37(36(67)38(77-47)43(70)71)76-46-39(29(60)22(58)17-72-46)78-44-34(65)32(63)30(61)23(15-54)73-44/h7,18,21-42,44-47,54-55,57-69H,8-17,19H2,1-6H3,(H,70,71)/t21-,22-,23+,24+,25+,26+,27+,28-,29-,30+,31-,32-,33-,34+,35+,36-,37-,38-,39+,40+,41-,42-,44-,45-,46-,47+,49-,50-,51+,52+,53-/m0/s1. The zero-order valence-corrected chi connectivity index (χ0v) is 45.2. The number of aliphatic hydroxyl groups is 15. The lowest BCUT2D eigenvalue weighted by molar-refractivity contribution is -0.400. The number of fused-ring (bicyclic) bond motifs is 7. The molecule has 4 saturated carbocycles. The molecule has 16 N–H and O–H groups in total. The molecule has 0 aromatic carbocycles. The molecule has 0 aromatic heterocycles. The molecule has 0 bridgehead atoms. The van der Waals surface area contributed by atoms with Gasteiger partial charge in [-0.05, 0) is 84.4 Å². The lowest BCUT2D eigenvalue weighted by atomic mass is 9.33. The van der Waals surface area contributed by atoms with Crippen LogP contribution in [0.15, 0.2) is 11.6 Å². The first-order valence-corrected chi connectivity index (χ1v) is 27.6. The average molecular weight is 1140 g/mol. The highest BCUT2D eigenvalue weighted by atomic mass is 16.8. The normalized spacial score (nSPS) is 55.5. The van der Waals surface area contributed by atoms with Crippen molar-refractivity contribution in [2.75, 3.05) is 26.4 Å². The van der Waals surface area contributed by atoms with Crippen molar-refractivity contribution in [2.24, 2.45) is 50.2 Å². The van der Waals surface area contributed by atoms with Crippen LogP contribution in [0.2, 0.25) is 0 Å². The third-order valence-electron chi connectivity index (χ3n) is 21.4. The zero-order valence-electron chi connectivity index (χ0n) is 45.2. The van der Waals surface area contributed by atoms with Crippen molar-refractivity contribution < 1.29 is 129 Å². The predicted octanol–water partition coefficient (Wildman–Crippen LogP) is -4.74. The lowest BCUT2D eigenvalue weighted by Crippen LogP contribution is -2.72. The lowest BCUT2D eigenvalue weighted by Gasteiger charge is -2.72. The van der Waals surface area contributed by atoms with Crippen LogP contribution < -0.4 is 0 Å². The van der Waals surface area contributed by atoms with E-state index in [1.54, 1.807) is 6.92 Å². The van der Waals surface area contributed by atoms with E-state index < -0.39 is 218 Å². The number of carbonyl (C=O) groups excluding carboxylic acids is 1. The summed E-state index contributed by atoms with van der Waals surface area (Å²) in [5.74, 6) is -2.78. The van der Waals surface area contributed by atoms with Gasteiger partial charge in [-0.25, -0.2) is 4.79 Å². The molecule has 4 saturated heterocycles. The van der Waals surface area contributed by atoms with Crippen LogP contribution in [0.3, 0.4) is 0 Å². The molecule has 0 amide bonds. The summed E-state index contributed by atoms with van der Waals surface area (Å²) in [6.45, 7) is 8.89. The maximum Gasteiger partial charge on any atom is 0.335 e. The molecule has 26 heteroatoms. The molecule has 0 aromatic rings. The SMILES string of the molecule is CC1(C)C[C@H]2C3=CC[C@@H]4[C@@]5(C)CC[C@H](O[C@@H]6O[C@H](C(=O)O)[C@@H](O)[C@H](O[C@@H]7OC[C@H](O)[C@H](O)[C@H]7O[C@@H]7O[C@H](CO)[C@@H](O)[C@H](O)[C@H]7O)[C@H]6O[C@@H]6O[C@H](CO)[C@H](O)[C@H](O)[C@H]6O)[C@@](C)(C=O)[C@@H]5CC[C@@]4(C)[C@]3(C)C[C@@H](O)[C@@]2(CO)[C@@H](O)[C@@H]1O. The number of hydrogen-bond donors (Lipinski definition) is 16. The highest BCUT2D eigenvalue weighted by Crippen LogP contribution is 2.76. The Bertz CT molecular complexity index is 2220. The van der Waals surface area contributed by atoms with Gasteiger partial charge in [0.25, 0.3) is 0 Å². The monoisotopic (exact) mass is 1140 g/mol. The van der Waals surface area contributed by atoms with Gasteiger partial charge in [0.2, 0.25) is 0 Å². The summed E-state index contributed by atoms with van der Waals surface area (Å²) in [7, 11) is 0. The van der Waals surface area contributed by atoms with Gasteiger partial charge in [-0.2, -0.15) is 0 Å². The molecule has 26 nitrogen and oxygen atoms in total. The molecule has 8 fully saturated rings. The van der Waals surface area contributed by atoms with Gasteiger partial charge in [0, 0.05) is 0 Å². The summed E-state index contributed by atoms with van der Waals surface area (Å²) in [4.78, 5) is 27.1. The molecular weight excluding hydrogens is 1050 g/mol. The van der Waals surface area contributed by atoms with Crippen molar-refractivity contribution in [1.82, 2.24) is 0 Å². The summed E-state index contributed by atoms with van der Waals surface area (Å²) in [6.07, 6.45) is -36.5. The number of ether oxygens (including phenoxy) is 8. The predicted molar refractivity (Wildman–Crippen MR) is 262 cm³/mol. The third-order valence-corrected chi connectivity index (χ3v) is 21.4. The van der Waals surface area contributed by atoms with Gasteiger partial charge >= 0.3 is 5.97 Å². The second-order valence-corrected chi connectivity index (χ2v) is 25.8. The van der Waals surface area contributed by atoms with E-state index in [9.17, 15) is 91.3 Å². The van der Waals surface area contributed by atoms with Crippen LogP contribution in [0, 0.1) is 50.2 Å². The van der Waals surface area contributed by atoms with Gasteiger partial charge in [-0.1, -0.05) is 53.2 Å². The molecule has 4 heterocycles. The van der Waals surface area contributed by atoms with E-state index in [0.717, 1.165) is 11.9 Å². The number of carboxylic acids is 1. The number of aldehydes is 1. The molecule has 452 valence electrons. The van der Waals surface area contributed by atoms with Gasteiger partial charge in [0.1, 0.15) is 91.7 Å². The second kappa shape index (κ2) is 22.1. The first kappa shape index (κ1) is 61.5. The number of allylic oxidation sites excluding steroid dienone is 2. The number of rotatable bonds is 13. The van der Waals surface area contributed by atoms with Gasteiger partial charge in [0.15, 0.2) is 31.3 Å². The quantitative estimate of drug-likeness (QED) is 0.0468. The summed E-state index contributed by atoms with van der Waals surface area (Å²) >= 11 is 0. The largest absolute Gasteiger partial charge is 0.479 e. The van der Waals surface area contributed by atoms with E-state index in [2.05, 4.69) is 26.8 Å². The van der Waals surface area contributed by atoms with Crippen molar-refractivity contribution in [2.45, 2.75) is 228 Å². The summed E-state index contributed by atoms with van der Waals surface area (Å²) in [5, 5.41) is 175. The zero-order chi connectivity index (χ0) is 58.0. The maximum absolute atomic E-state index is 14.0. The highest BCUT2D eigenvalue weighted by molar-refractivity contribution is 5.73.